The zero-order valence-corrected chi connectivity index (χ0v) is 9.33. The number of carbonyl (C=O) groups is 1. The Morgan fingerprint density at radius 1 is 1.53 bits per heavy atom. The van der Waals surface area contributed by atoms with Crippen molar-refractivity contribution in [3.8, 4) is 5.75 Å². The zero-order valence-electron chi connectivity index (χ0n) is 9.33. The third kappa shape index (κ3) is 3.32. The second kappa shape index (κ2) is 5.01. The molecule has 0 aromatic heterocycles. The maximum atomic E-state index is 10.9. The first kappa shape index (κ1) is 11.7. The molecule has 4 heteroatoms. The molecule has 0 bridgehead atoms. The van der Waals surface area contributed by atoms with Gasteiger partial charge >= 0.3 is 5.97 Å². The van der Waals surface area contributed by atoms with Crippen LogP contribution in [0.3, 0.4) is 0 Å². The van der Waals surface area contributed by atoms with E-state index in [0.29, 0.717) is 18.8 Å². The number of carboxylic acids is 1. The Hall–Kier alpha value is -1.81. The molecule has 0 amide bonds. The van der Waals surface area contributed by atoms with Crippen molar-refractivity contribution in [2.75, 3.05) is 6.61 Å². The van der Waals surface area contributed by atoms with Crippen molar-refractivity contribution in [1.82, 2.24) is 0 Å². The van der Waals surface area contributed by atoms with E-state index in [1.807, 2.05) is 18.2 Å². The van der Waals surface area contributed by atoms with Crippen molar-refractivity contribution in [3.63, 3.8) is 0 Å². The minimum Gasteiger partial charge on any atom is -0.485 e. The SMILES string of the molecule is C=C(C(=O)O)C(CC1CO1)Oc1ccccc1. The van der Waals surface area contributed by atoms with E-state index in [0.717, 1.165) is 0 Å². The highest BCUT2D eigenvalue weighted by molar-refractivity contribution is 5.87. The van der Waals surface area contributed by atoms with Gasteiger partial charge in [-0.15, -0.1) is 0 Å². The molecule has 1 saturated heterocycles. The van der Waals surface area contributed by atoms with Crippen LogP contribution in [-0.4, -0.2) is 29.9 Å². The van der Waals surface area contributed by atoms with E-state index in [-0.39, 0.29) is 11.7 Å². The normalized spacial score (nSPS) is 19.4. The molecule has 1 fully saturated rings. The highest BCUT2D eigenvalue weighted by Crippen LogP contribution is 2.23. The first-order valence-electron chi connectivity index (χ1n) is 5.42. The van der Waals surface area contributed by atoms with Crippen LogP contribution in [0.15, 0.2) is 42.5 Å². The lowest BCUT2D eigenvalue weighted by atomic mass is 10.1. The van der Waals surface area contributed by atoms with Crippen LogP contribution in [0.25, 0.3) is 0 Å². The van der Waals surface area contributed by atoms with Gasteiger partial charge in [-0.1, -0.05) is 24.8 Å². The van der Waals surface area contributed by atoms with Gasteiger partial charge in [-0.3, -0.25) is 0 Å². The molecule has 0 aliphatic carbocycles. The first-order chi connectivity index (χ1) is 8.16. The minimum atomic E-state index is -1.04. The molecule has 1 aliphatic rings. The quantitative estimate of drug-likeness (QED) is 0.603. The predicted molar refractivity (Wildman–Crippen MR) is 62.0 cm³/mol. The topological polar surface area (TPSA) is 59.1 Å². The lowest BCUT2D eigenvalue weighted by Gasteiger charge is -2.18. The van der Waals surface area contributed by atoms with E-state index in [1.165, 1.54) is 0 Å². The number of para-hydroxylation sites is 1. The average Bonchev–Trinajstić information content (AvgIpc) is 3.12. The Morgan fingerprint density at radius 3 is 2.71 bits per heavy atom. The summed E-state index contributed by atoms with van der Waals surface area (Å²) in [5.74, 6) is -0.396. The summed E-state index contributed by atoms with van der Waals surface area (Å²) in [5, 5.41) is 8.94. The molecule has 17 heavy (non-hydrogen) atoms. The van der Waals surface area contributed by atoms with Crippen LogP contribution >= 0.6 is 0 Å². The molecule has 2 unspecified atom stereocenters. The molecule has 1 aromatic carbocycles. The van der Waals surface area contributed by atoms with Crippen LogP contribution in [0.2, 0.25) is 0 Å². The second-order valence-electron chi connectivity index (χ2n) is 3.94. The standard InChI is InChI=1S/C13H14O4/c1-9(13(14)15)12(7-11-8-16-11)17-10-5-3-2-4-6-10/h2-6,11-12H,1,7-8H2,(H,14,15). The van der Waals surface area contributed by atoms with Crippen molar-refractivity contribution >= 4 is 5.97 Å². The van der Waals surface area contributed by atoms with Gasteiger partial charge in [0.1, 0.15) is 11.9 Å². The monoisotopic (exact) mass is 234 g/mol. The molecule has 0 spiro atoms. The number of ether oxygens (including phenoxy) is 2. The summed E-state index contributed by atoms with van der Waals surface area (Å²) in [4.78, 5) is 10.9. The summed E-state index contributed by atoms with van der Waals surface area (Å²) in [7, 11) is 0. The van der Waals surface area contributed by atoms with Crippen molar-refractivity contribution in [2.45, 2.75) is 18.6 Å². The number of hydrogen-bond acceptors (Lipinski definition) is 3. The molecule has 1 aromatic rings. The second-order valence-corrected chi connectivity index (χ2v) is 3.94. The van der Waals surface area contributed by atoms with E-state index in [4.69, 9.17) is 14.6 Å². The van der Waals surface area contributed by atoms with Crippen LogP contribution in [0.5, 0.6) is 5.75 Å². The number of carboxylic acid groups (broad SMARTS) is 1. The summed E-state index contributed by atoms with van der Waals surface area (Å²) >= 11 is 0. The van der Waals surface area contributed by atoms with E-state index >= 15 is 0 Å². The first-order valence-corrected chi connectivity index (χ1v) is 5.42. The van der Waals surface area contributed by atoms with Crippen LogP contribution in [0, 0.1) is 0 Å². The van der Waals surface area contributed by atoms with Gasteiger partial charge in [0.15, 0.2) is 0 Å². The minimum absolute atomic E-state index is 0.0596. The van der Waals surface area contributed by atoms with Crippen LogP contribution in [0.4, 0.5) is 0 Å². The average molecular weight is 234 g/mol. The van der Waals surface area contributed by atoms with E-state index in [2.05, 4.69) is 6.58 Å². The Balaban J connectivity index is 2.04. The number of rotatable bonds is 6. The van der Waals surface area contributed by atoms with Gasteiger partial charge in [-0.25, -0.2) is 4.79 Å². The van der Waals surface area contributed by atoms with Gasteiger partial charge < -0.3 is 14.6 Å². The van der Waals surface area contributed by atoms with Gasteiger partial charge in [0.25, 0.3) is 0 Å². The molecular weight excluding hydrogens is 220 g/mol. The molecular formula is C13H14O4. The number of benzene rings is 1. The fourth-order valence-electron chi connectivity index (χ4n) is 1.51. The lowest BCUT2D eigenvalue weighted by molar-refractivity contribution is -0.133. The van der Waals surface area contributed by atoms with Gasteiger partial charge in [0, 0.05) is 6.42 Å². The molecule has 2 atom stereocenters. The molecule has 1 heterocycles. The van der Waals surface area contributed by atoms with E-state index < -0.39 is 12.1 Å². The third-order valence-electron chi connectivity index (χ3n) is 2.56. The number of epoxide rings is 1. The molecule has 0 saturated carbocycles. The van der Waals surface area contributed by atoms with Crippen LogP contribution < -0.4 is 4.74 Å². The Labute approximate surface area is 99.5 Å². The maximum absolute atomic E-state index is 10.9. The summed E-state index contributed by atoms with van der Waals surface area (Å²) in [6.07, 6.45) is 0.0854. The van der Waals surface area contributed by atoms with E-state index in [1.54, 1.807) is 12.1 Å². The highest BCUT2D eigenvalue weighted by Gasteiger charge is 2.31. The van der Waals surface area contributed by atoms with Gasteiger partial charge in [0.2, 0.25) is 0 Å². The van der Waals surface area contributed by atoms with Crippen LogP contribution in [0.1, 0.15) is 6.42 Å². The van der Waals surface area contributed by atoms with Crippen molar-refractivity contribution in [2.24, 2.45) is 0 Å². The van der Waals surface area contributed by atoms with Gasteiger partial charge in [-0.05, 0) is 12.1 Å². The fourth-order valence-corrected chi connectivity index (χ4v) is 1.51. The lowest BCUT2D eigenvalue weighted by Crippen LogP contribution is -2.25. The summed E-state index contributed by atoms with van der Waals surface area (Å²) < 4.78 is 10.7. The fraction of sp³-hybridized carbons (Fsp3) is 0.308. The third-order valence-corrected chi connectivity index (χ3v) is 2.56. The number of aliphatic carboxylic acids is 1. The highest BCUT2D eigenvalue weighted by atomic mass is 16.6. The Bertz CT molecular complexity index is 409. The Morgan fingerprint density at radius 2 is 2.18 bits per heavy atom. The largest absolute Gasteiger partial charge is 0.485 e. The molecule has 0 radical (unpaired) electrons. The molecule has 90 valence electrons. The maximum Gasteiger partial charge on any atom is 0.334 e. The van der Waals surface area contributed by atoms with Crippen molar-refractivity contribution in [3.05, 3.63) is 42.5 Å². The summed E-state index contributed by atoms with van der Waals surface area (Å²) in [5.41, 5.74) is 0.0596. The molecule has 1 N–H and O–H groups in total. The number of hydrogen-bond donors (Lipinski definition) is 1. The smallest absolute Gasteiger partial charge is 0.334 e. The Kier molecular flexibility index (Phi) is 3.44. The summed E-state index contributed by atoms with van der Waals surface area (Å²) in [6.45, 7) is 4.22. The predicted octanol–water partition coefficient (Wildman–Crippen LogP) is 1.86. The van der Waals surface area contributed by atoms with Gasteiger partial charge in [0.05, 0.1) is 18.3 Å². The van der Waals surface area contributed by atoms with Gasteiger partial charge in [-0.2, -0.15) is 0 Å². The molecule has 1 aliphatic heterocycles. The van der Waals surface area contributed by atoms with Crippen molar-refractivity contribution in [1.29, 1.82) is 0 Å². The molecule has 2 rings (SSSR count). The van der Waals surface area contributed by atoms with E-state index in [9.17, 15) is 4.79 Å². The molecule has 4 nitrogen and oxygen atoms in total. The summed E-state index contributed by atoms with van der Waals surface area (Å²) in [6, 6.07) is 9.12. The zero-order chi connectivity index (χ0) is 12.3. The van der Waals surface area contributed by atoms with Crippen molar-refractivity contribution < 1.29 is 19.4 Å². The van der Waals surface area contributed by atoms with Crippen LogP contribution in [-0.2, 0) is 9.53 Å².